The van der Waals surface area contributed by atoms with Crippen molar-refractivity contribution in [1.29, 1.82) is 0 Å². The van der Waals surface area contributed by atoms with Gasteiger partial charge in [0.2, 0.25) is 0 Å². The lowest BCUT2D eigenvalue weighted by molar-refractivity contribution is -0.384. The summed E-state index contributed by atoms with van der Waals surface area (Å²) in [6.45, 7) is 5.93. The normalized spacial score (nSPS) is 16.8. The molecule has 2 aromatic carbocycles. The number of ketones is 1. The summed E-state index contributed by atoms with van der Waals surface area (Å²) in [5.74, 6) is -1.91. The van der Waals surface area contributed by atoms with Gasteiger partial charge in [0.1, 0.15) is 5.76 Å². The molecule has 1 atom stereocenters. The number of hydrogen-bond donors (Lipinski definition) is 1. The molecule has 0 spiro atoms. The van der Waals surface area contributed by atoms with Crippen LogP contribution in [-0.2, 0) is 16.1 Å². The van der Waals surface area contributed by atoms with E-state index in [0.717, 1.165) is 24.3 Å². The summed E-state index contributed by atoms with van der Waals surface area (Å²) < 4.78 is 0. The highest BCUT2D eigenvalue weighted by molar-refractivity contribution is 6.46. The fourth-order valence-electron chi connectivity index (χ4n) is 4.43. The second kappa shape index (κ2) is 10.4. The van der Waals surface area contributed by atoms with Crippen LogP contribution in [-0.4, -0.2) is 44.7 Å². The van der Waals surface area contributed by atoms with Gasteiger partial charge in [-0.3, -0.25) is 24.7 Å². The van der Waals surface area contributed by atoms with Crippen molar-refractivity contribution < 1.29 is 19.6 Å². The zero-order chi connectivity index (χ0) is 25.8. The molecule has 0 bridgehead atoms. The summed E-state index contributed by atoms with van der Waals surface area (Å²) in [4.78, 5) is 44.5. The minimum absolute atomic E-state index is 0.0569. The number of hydrogen-bond acceptors (Lipinski definition) is 7. The third-order valence-corrected chi connectivity index (χ3v) is 6.33. The van der Waals surface area contributed by atoms with Crippen molar-refractivity contribution in [2.24, 2.45) is 0 Å². The van der Waals surface area contributed by atoms with Gasteiger partial charge in [0.15, 0.2) is 0 Å². The van der Waals surface area contributed by atoms with Crippen LogP contribution in [0.1, 0.15) is 36.6 Å². The quantitative estimate of drug-likeness (QED) is 0.164. The summed E-state index contributed by atoms with van der Waals surface area (Å²) in [5, 5.41) is 22.2. The van der Waals surface area contributed by atoms with E-state index in [1.54, 1.807) is 24.5 Å². The number of carbonyl (C=O) groups is 2. The molecule has 0 saturated carbocycles. The lowest BCUT2D eigenvalue weighted by atomic mass is 9.95. The fourth-order valence-corrected chi connectivity index (χ4v) is 4.43. The van der Waals surface area contributed by atoms with Gasteiger partial charge in [-0.25, -0.2) is 0 Å². The highest BCUT2D eigenvalue weighted by Gasteiger charge is 2.46. The Morgan fingerprint density at radius 1 is 1.00 bits per heavy atom. The average molecular weight is 487 g/mol. The molecule has 184 valence electrons. The monoisotopic (exact) mass is 486 g/mol. The Bertz CT molecular complexity index is 1300. The molecular formula is C27H26N4O5. The predicted octanol–water partition coefficient (Wildman–Crippen LogP) is 4.46. The number of non-ortho nitro benzene ring substituents is 1. The number of aromatic nitrogens is 1. The van der Waals surface area contributed by atoms with E-state index in [2.05, 4.69) is 23.7 Å². The van der Waals surface area contributed by atoms with Crippen molar-refractivity contribution in [3.05, 3.63) is 105 Å². The van der Waals surface area contributed by atoms with E-state index in [0.29, 0.717) is 5.56 Å². The van der Waals surface area contributed by atoms with E-state index in [1.165, 1.54) is 29.2 Å². The molecule has 9 heteroatoms. The van der Waals surface area contributed by atoms with Gasteiger partial charge in [0, 0.05) is 55.4 Å². The van der Waals surface area contributed by atoms with Gasteiger partial charge in [0.05, 0.1) is 16.5 Å². The molecule has 0 radical (unpaired) electrons. The van der Waals surface area contributed by atoms with Gasteiger partial charge < -0.3 is 14.9 Å². The summed E-state index contributed by atoms with van der Waals surface area (Å²) in [6.07, 6.45) is 3.22. The number of nitrogens with zero attached hydrogens (tertiary/aromatic N) is 4. The van der Waals surface area contributed by atoms with E-state index >= 15 is 0 Å². The number of amides is 1. The Hall–Kier alpha value is -4.53. The SMILES string of the molecule is CCN(CC)c1ccc(C2/C(=C(/O)c3ccc([N+](=O)[O-])cc3)C(=O)C(=O)N2Cc2ccncc2)cc1. The number of rotatable bonds is 8. The first-order chi connectivity index (χ1) is 17.3. The van der Waals surface area contributed by atoms with Gasteiger partial charge in [-0.1, -0.05) is 12.1 Å². The Morgan fingerprint density at radius 2 is 1.61 bits per heavy atom. The minimum Gasteiger partial charge on any atom is -0.507 e. The fraction of sp³-hybridized carbons (Fsp3) is 0.222. The first-order valence-corrected chi connectivity index (χ1v) is 11.6. The lowest BCUT2D eigenvalue weighted by Gasteiger charge is -2.26. The molecular weight excluding hydrogens is 460 g/mol. The maximum Gasteiger partial charge on any atom is 0.295 e. The zero-order valence-electron chi connectivity index (χ0n) is 20.0. The number of pyridine rings is 1. The molecule has 0 aliphatic carbocycles. The maximum absolute atomic E-state index is 13.2. The van der Waals surface area contributed by atoms with Crippen molar-refractivity contribution in [1.82, 2.24) is 9.88 Å². The number of aliphatic hydroxyl groups excluding tert-OH is 1. The Balaban J connectivity index is 1.82. The molecule has 1 amide bonds. The number of aliphatic hydroxyl groups is 1. The van der Waals surface area contributed by atoms with E-state index < -0.39 is 22.7 Å². The molecule has 1 aromatic heterocycles. The predicted molar refractivity (Wildman–Crippen MR) is 135 cm³/mol. The van der Waals surface area contributed by atoms with Crippen LogP contribution in [0.4, 0.5) is 11.4 Å². The Labute approximate surface area is 208 Å². The van der Waals surface area contributed by atoms with Gasteiger partial charge in [0.25, 0.3) is 17.4 Å². The van der Waals surface area contributed by atoms with Crippen LogP contribution >= 0.6 is 0 Å². The number of Topliss-reactive ketones (excluding diaryl/α,β-unsaturated/α-hetero) is 1. The summed E-state index contributed by atoms with van der Waals surface area (Å²) >= 11 is 0. The largest absolute Gasteiger partial charge is 0.507 e. The molecule has 1 N–H and O–H groups in total. The number of nitro groups is 1. The Morgan fingerprint density at radius 3 is 2.17 bits per heavy atom. The van der Waals surface area contributed by atoms with Crippen molar-refractivity contribution >= 4 is 28.8 Å². The second-order valence-electron chi connectivity index (χ2n) is 8.35. The van der Waals surface area contributed by atoms with Gasteiger partial charge in [-0.2, -0.15) is 0 Å². The smallest absolute Gasteiger partial charge is 0.295 e. The van der Waals surface area contributed by atoms with Crippen molar-refractivity contribution in [3.63, 3.8) is 0 Å². The standard InChI is InChI=1S/C27H26N4O5/c1-3-29(4-2)21-9-5-19(6-10-21)24-23(25(32)20-7-11-22(12-8-20)31(35)36)26(33)27(34)30(24)17-18-13-15-28-16-14-18/h5-16,24,32H,3-4,17H2,1-2H3/b25-23-. The summed E-state index contributed by atoms with van der Waals surface area (Å²) in [6, 6.07) is 15.5. The number of carbonyl (C=O) groups excluding carboxylic acids is 2. The van der Waals surface area contributed by atoms with Crippen LogP contribution in [0.5, 0.6) is 0 Å². The number of benzene rings is 2. The van der Waals surface area contributed by atoms with Crippen LogP contribution < -0.4 is 4.90 Å². The molecule has 1 saturated heterocycles. The molecule has 36 heavy (non-hydrogen) atoms. The molecule has 4 rings (SSSR count). The molecule has 1 unspecified atom stereocenters. The molecule has 1 aliphatic heterocycles. The second-order valence-corrected chi connectivity index (χ2v) is 8.35. The van der Waals surface area contributed by atoms with E-state index in [1.807, 2.05) is 24.3 Å². The van der Waals surface area contributed by atoms with Gasteiger partial charge in [-0.15, -0.1) is 0 Å². The molecule has 2 heterocycles. The Kier molecular flexibility index (Phi) is 7.10. The molecule has 9 nitrogen and oxygen atoms in total. The third-order valence-electron chi connectivity index (χ3n) is 6.33. The van der Waals surface area contributed by atoms with Crippen molar-refractivity contribution in [3.8, 4) is 0 Å². The van der Waals surface area contributed by atoms with Gasteiger partial charge >= 0.3 is 0 Å². The number of anilines is 1. The average Bonchev–Trinajstić information content (AvgIpc) is 3.15. The topological polar surface area (TPSA) is 117 Å². The van der Waals surface area contributed by atoms with Crippen molar-refractivity contribution in [2.75, 3.05) is 18.0 Å². The lowest BCUT2D eigenvalue weighted by Crippen LogP contribution is -2.29. The molecule has 1 fully saturated rings. The molecule has 3 aromatic rings. The van der Waals surface area contributed by atoms with E-state index in [9.17, 15) is 24.8 Å². The van der Waals surface area contributed by atoms with Crippen LogP contribution in [0, 0.1) is 10.1 Å². The van der Waals surface area contributed by atoms with Crippen LogP contribution in [0.15, 0.2) is 78.6 Å². The maximum atomic E-state index is 13.2. The first kappa shape index (κ1) is 24.6. The van der Waals surface area contributed by atoms with Crippen LogP contribution in [0.3, 0.4) is 0 Å². The van der Waals surface area contributed by atoms with Crippen LogP contribution in [0.2, 0.25) is 0 Å². The highest BCUT2D eigenvalue weighted by atomic mass is 16.6. The summed E-state index contributed by atoms with van der Waals surface area (Å²) in [5.41, 5.74) is 2.47. The number of nitro benzene ring substituents is 1. The highest BCUT2D eigenvalue weighted by Crippen LogP contribution is 2.40. The third kappa shape index (κ3) is 4.68. The van der Waals surface area contributed by atoms with E-state index in [4.69, 9.17) is 0 Å². The van der Waals surface area contributed by atoms with Crippen LogP contribution in [0.25, 0.3) is 5.76 Å². The number of likely N-dealkylation sites (tertiary alicyclic amines) is 1. The summed E-state index contributed by atoms with van der Waals surface area (Å²) in [7, 11) is 0. The van der Waals surface area contributed by atoms with Gasteiger partial charge in [-0.05, 0) is 61.4 Å². The zero-order valence-corrected chi connectivity index (χ0v) is 20.0. The van der Waals surface area contributed by atoms with Crippen molar-refractivity contribution in [2.45, 2.75) is 26.4 Å². The minimum atomic E-state index is -0.834. The molecule has 1 aliphatic rings. The van der Waals surface area contributed by atoms with E-state index in [-0.39, 0.29) is 29.1 Å². The first-order valence-electron chi connectivity index (χ1n) is 11.6.